The highest BCUT2D eigenvalue weighted by Gasteiger charge is 2.26. The van der Waals surface area contributed by atoms with Gasteiger partial charge in [0.25, 0.3) is 0 Å². The lowest BCUT2D eigenvalue weighted by molar-refractivity contribution is -0.149. The van der Waals surface area contributed by atoms with Crippen LogP contribution in [0.1, 0.15) is 26.2 Å². The maximum Gasteiger partial charge on any atom is 0.310 e. The average Bonchev–Trinajstić information content (AvgIpc) is 2.61. The van der Waals surface area contributed by atoms with Crippen LogP contribution in [0.5, 0.6) is 5.75 Å². The first kappa shape index (κ1) is 18.3. The number of nitrogens with one attached hydrogen (secondary N) is 1. The van der Waals surface area contributed by atoms with Crippen molar-refractivity contribution in [2.75, 3.05) is 38.7 Å². The first-order valence-electron chi connectivity index (χ1n) is 8.45. The van der Waals surface area contributed by atoms with Crippen LogP contribution in [0.4, 0.5) is 5.69 Å². The molecule has 0 radical (unpaired) electrons. The predicted octanol–water partition coefficient (Wildman–Crippen LogP) is 2.30. The van der Waals surface area contributed by atoms with E-state index in [9.17, 15) is 9.59 Å². The number of carbonyl (C=O) groups is 2. The zero-order valence-electron chi connectivity index (χ0n) is 14.4. The predicted molar refractivity (Wildman–Crippen MR) is 92.0 cm³/mol. The third-order valence-electron chi connectivity index (χ3n) is 4.15. The molecule has 1 fully saturated rings. The SMILES string of the molecule is CCOC(=O)[C@@H]1CCCN(CCC(=O)Nc2ccc(OC)cc2)C1. The lowest BCUT2D eigenvalue weighted by Crippen LogP contribution is -2.40. The molecule has 1 aromatic rings. The van der Waals surface area contributed by atoms with Gasteiger partial charge in [-0.2, -0.15) is 0 Å². The highest BCUT2D eigenvalue weighted by atomic mass is 16.5. The van der Waals surface area contributed by atoms with Gasteiger partial charge in [0.1, 0.15) is 5.75 Å². The lowest BCUT2D eigenvalue weighted by Gasteiger charge is -2.31. The van der Waals surface area contributed by atoms with Gasteiger partial charge in [0.2, 0.25) is 5.91 Å². The van der Waals surface area contributed by atoms with Crippen LogP contribution < -0.4 is 10.1 Å². The van der Waals surface area contributed by atoms with E-state index in [-0.39, 0.29) is 17.8 Å². The van der Waals surface area contributed by atoms with Gasteiger partial charge in [-0.05, 0) is 50.6 Å². The Hall–Kier alpha value is -2.08. The second-order valence-corrected chi connectivity index (χ2v) is 5.92. The number of rotatable bonds is 7. The topological polar surface area (TPSA) is 67.9 Å². The van der Waals surface area contributed by atoms with Gasteiger partial charge in [-0.15, -0.1) is 0 Å². The van der Waals surface area contributed by atoms with Crippen molar-refractivity contribution in [3.63, 3.8) is 0 Å². The molecule has 1 aromatic carbocycles. The van der Waals surface area contributed by atoms with Crippen LogP contribution in [0.3, 0.4) is 0 Å². The van der Waals surface area contributed by atoms with Crippen LogP contribution in [0.2, 0.25) is 0 Å². The van der Waals surface area contributed by atoms with Crippen molar-refractivity contribution in [1.82, 2.24) is 4.90 Å². The Morgan fingerprint density at radius 1 is 1.29 bits per heavy atom. The number of amides is 1. The number of hydrogen-bond acceptors (Lipinski definition) is 5. The van der Waals surface area contributed by atoms with Gasteiger partial charge in [-0.3, -0.25) is 9.59 Å². The Kier molecular flexibility index (Phi) is 7.06. The molecule has 0 saturated carbocycles. The summed E-state index contributed by atoms with van der Waals surface area (Å²) in [5.74, 6) is 0.540. The van der Waals surface area contributed by atoms with Gasteiger partial charge in [-0.25, -0.2) is 0 Å². The van der Waals surface area contributed by atoms with Crippen molar-refractivity contribution < 1.29 is 19.1 Å². The Morgan fingerprint density at radius 2 is 2.04 bits per heavy atom. The van der Waals surface area contributed by atoms with Gasteiger partial charge >= 0.3 is 5.97 Å². The average molecular weight is 334 g/mol. The van der Waals surface area contributed by atoms with Crippen LogP contribution in [-0.4, -0.2) is 50.1 Å². The van der Waals surface area contributed by atoms with Crippen molar-refractivity contribution in [2.24, 2.45) is 5.92 Å². The molecule has 24 heavy (non-hydrogen) atoms. The third-order valence-corrected chi connectivity index (χ3v) is 4.15. The van der Waals surface area contributed by atoms with Crippen LogP contribution in [0, 0.1) is 5.92 Å². The summed E-state index contributed by atoms with van der Waals surface area (Å²) in [7, 11) is 1.61. The van der Waals surface area contributed by atoms with Gasteiger partial charge in [0.15, 0.2) is 0 Å². The van der Waals surface area contributed by atoms with E-state index < -0.39 is 0 Å². The fourth-order valence-electron chi connectivity index (χ4n) is 2.87. The standard InChI is InChI=1S/C18H26N2O4/c1-3-24-18(22)14-5-4-11-20(13-14)12-10-17(21)19-15-6-8-16(23-2)9-7-15/h6-9,14H,3-5,10-13H2,1-2H3,(H,19,21)/t14-/m1/s1. The Bertz CT molecular complexity index is 544. The maximum atomic E-state index is 12.1. The van der Waals surface area contributed by atoms with Crippen LogP contribution in [0.15, 0.2) is 24.3 Å². The fourth-order valence-corrected chi connectivity index (χ4v) is 2.87. The van der Waals surface area contributed by atoms with E-state index in [0.29, 0.717) is 26.1 Å². The molecule has 0 aromatic heterocycles. The Morgan fingerprint density at radius 3 is 2.71 bits per heavy atom. The van der Waals surface area contributed by atoms with Gasteiger partial charge in [-0.1, -0.05) is 0 Å². The lowest BCUT2D eigenvalue weighted by atomic mass is 9.98. The number of esters is 1. The molecule has 6 nitrogen and oxygen atoms in total. The number of ether oxygens (including phenoxy) is 2. The minimum absolute atomic E-state index is 0.0292. The second-order valence-electron chi connectivity index (χ2n) is 5.92. The first-order chi connectivity index (χ1) is 11.6. The van der Waals surface area contributed by atoms with Crippen molar-refractivity contribution in [2.45, 2.75) is 26.2 Å². The molecule has 0 spiro atoms. The van der Waals surface area contributed by atoms with E-state index in [1.807, 2.05) is 31.2 Å². The Balaban J connectivity index is 1.75. The highest BCUT2D eigenvalue weighted by Crippen LogP contribution is 2.18. The number of carbonyl (C=O) groups excluding carboxylic acids is 2. The number of nitrogens with zero attached hydrogens (tertiary/aromatic N) is 1. The molecule has 0 unspecified atom stereocenters. The van der Waals surface area contributed by atoms with Gasteiger partial charge < -0.3 is 19.7 Å². The summed E-state index contributed by atoms with van der Waals surface area (Å²) in [6.07, 6.45) is 2.23. The van der Waals surface area contributed by atoms with Crippen LogP contribution >= 0.6 is 0 Å². The van der Waals surface area contributed by atoms with Gasteiger partial charge in [0.05, 0.1) is 19.6 Å². The van der Waals surface area contributed by atoms with E-state index in [4.69, 9.17) is 9.47 Å². The minimum atomic E-state index is -0.120. The quantitative estimate of drug-likeness (QED) is 0.775. The summed E-state index contributed by atoms with van der Waals surface area (Å²) in [6.45, 7) is 4.49. The van der Waals surface area contributed by atoms with Crippen molar-refractivity contribution >= 4 is 17.6 Å². The monoisotopic (exact) mass is 334 g/mol. The summed E-state index contributed by atoms with van der Waals surface area (Å²) in [4.78, 5) is 26.1. The number of anilines is 1. The molecule has 6 heteroatoms. The molecule has 1 aliphatic heterocycles. The molecule has 1 N–H and O–H groups in total. The minimum Gasteiger partial charge on any atom is -0.497 e. The first-order valence-corrected chi connectivity index (χ1v) is 8.45. The van der Waals surface area contributed by atoms with Crippen molar-refractivity contribution in [1.29, 1.82) is 0 Å². The van der Waals surface area contributed by atoms with E-state index >= 15 is 0 Å². The molecule has 0 bridgehead atoms. The van der Waals surface area contributed by atoms with Gasteiger partial charge in [0, 0.05) is 25.2 Å². The fraction of sp³-hybridized carbons (Fsp3) is 0.556. The number of likely N-dealkylation sites (tertiary alicyclic amines) is 1. The van der Waals surface area contributed by atoms with Crippen molar-refractivity contribution in [3.8, 4) is 5.75 Å². The number of benzene rings is 1. The van der Waals surface area contributed by atoms with Crippen LogP contribution in [-0.2, 0) is 14.3 Å². The summed E-state index contributed by atoms with van der Waals surface area (Å²) < 4.78 is 10.2. The zero-order valence-corrected chi connectivity index (χ0v) is 14.4. The number of methoxy groups -OCH3 is 1. The summed E-state index contributed by atoms with van der Waals surface area (Å²) >= 11 is 0. The summed E-state index contributed by atoms with van der Waals surface area (Å²) in [5, 5.41) is 2.87. The van der Waals surface area contributed by atoms with Crippen molar-refractivity contribution in [3.05, 3.63) is 24.3 Å². The van der Waals surface area contributed by atoms with E-state index in [1.54, 1.807) is 7.11 Å². The third kappa shape index (κ3) is 5.53. The normalized spacial score (nSPS) is 18.0. The maximum absolute atomic E-state index is 12.1. The van der Waals surface area contributed by atoms with E-state index in [0.717, 1.165) is 30.8 Å². The molecule has 2 rings (SSSR count). The molecular weight excluding hydrogens is 308 g/mol. The molecular formula is C18H26N2O4. The second kappa shape index (κ2) is 9.27. The molecule has 1 atom stereocenters. The molecule has 1 amide bonds. The van der Waals surface area contributed by atoms with Crippen LogP contribution in [0.25, 0.3) is 0 Å². The largest absolute Gasteiger partial charge is 0.497 e. The molecule has 1 heterocycles. The smallest absolute Gasteiger partial charge is 0.310 e. The molecule has 132 valence electrons. The molecule has 1 saturated heterocycles. The zero-order chi connectivity index (χ0) is 17.4. The van der Waals surface area contributed by atoms with E-state index in [1.165, 1.54) is 0 Å². The Labute approximate surface area is 143 Å². The highest BCUT2D eigenvalue weighted by molar-refractivity contribution is 5.90. The van der Waals surface area contributed by atoms with E-state index in [2.05, 4.69) is 10.2 Å². The molecule has 1 aliphatic rings. The summed E-state index contributed by atoms with van der Waals surface area (Å²) in [5.41, 5.74) is 0.754. The number of piperidine rings is 1. The molecule has 0 aliphatic carbocycles. The number of hydrogen-bond donors (Lipinski definition) is 1. The summed E-state index contributed by atoms with van der Waals surface area (Å²) in [6, 6.07) is 7.25.